The van der Waals surface area contributed by atoms with Crippen molar-refractivity contribution in [2.75, 3.05) is 0 Å². The molecule has 0 N–H and O–H groups in total. The Balaban J connectivity index is 2.09. The average Bonchev–Trinajstić information content (AvgIpc) is 3.07. The molecule has 0 unspecified atom stereocenters. The first-order valence-electron chi connectivity index (χ1n) is 8.64. The van der Waals surface area contributed by atoms with Crippen molar-refractivity contribution in [3.63, 3.8) is 0 Å². The number of para-hydroxylation sites is 1. The molecule has 0 aliphatic heterocycles. The van der Waals surface area contributed by atoms with E-state index in [1.807, 2.05) is 0 Å². The molecule has 1 nitrogen and oxygen atoms in total. The third kappa shape index (κ3) is 1.62. The van der Waals surface area contributed by atoms with E-state index in [4.69, 9.17) is 0 Å². The number of hydrogen-bond donors (Lipinski definition) is 0. The molecular formula is C24H15N. The molecule has 0 spiro atoms. The molecule has 2 aromatic heterocycles. The summed E-state index contributed by atoms with van der Waals surface area (Å²) in [6, 6.07) is 30.6. The number of rotatable bonds is 0. The van der Waals surface area contributed by atoms with Gasteiger partial charge in [0.2, 0.25) is 0 Å². The van der Waals surface area contributed by atoms with Gasteiger partial charge in [-0.3, -0.25) is 0 Å². The molecule has 0 bridgehead atoms. The molecule has 6 rings (SSSR count). The summed E-state index contributed by atoms with van der Waals surface area (Å²) in [5, 5.41) is 9.18. The maximum atomic E-state index is 2.37. The molecule has 0 aliphatic rings. The Labute approximate surface area is 144 Å². The molecule has 0 amide bonds. The second-order valence-corrected chi connectivity index (χ2v) is 6.66. The van der Waals surface area contributed by atoms with E-state index in [-0.39, 0.29) is 0 Å². The van der Waals surface area contributed by atoms with Gasteiger partial charge in [-0.15, -0.1) is 0 Å². The number of fused-ring (bicyclic) bond motifs is 10. The normalized spacial score (nSPS) is 12.0. The molecule has 0 atom stereocenters. The summed E-state index contributed by atoms with van der Waals surface area (Å²) in [6.07, 6.45) is 2.27. The molecule has 4 aromatic carbocycles. The first-order valence-corrected chi connectivity index (χ1v) is 8.64. The van der Waals surface area contributed by atoms with E-state index < -0.39 is 0 Å². The van der Waals surface area contributed by atoms with Crippen LogP contribution in [0, 0.1) is 0 Å². The van der Waals surface area contributed by atoms with Gasteiger partial charge in [-0.25, -0.2) is 0 Å². The summed E-state index contributed by atoms with van der Waals surface area (Å²) < 4.78 is 2.37. The van der Waals surface area contributed by atoms with Gasteiger partial charge in [-0.1, -0.05) is 78.9 Å². The highest BCUT2D eigenvalue weighted by Gasteiger charge is 2.14. The topological polar surface area (TPSA) is 4.41 Å². The van der Waals surface area contributed by atoms with Gasteiger partial charge < -0.3 is 4.40 Å². The summed E-state index contributed by atoms with van der Waals surface area (Å²) in [6.45, 7) is 0. The Hall–Kier alpha value is -3.32. The van der Waals surface area contributed by atoms with Crippen LogP contribution in [-0.2, 0) is 0 Å². The summed E-state index contributed by atoms with van der Waals surface area (Å²) in [5.41, 5.74) is 2.57. The van der Waals surface area contributed by atoms with E-state index in [1.165, 1.54) is 48.7 Å². The lowest BCUT2D eigenvalue weighted by molar-refractivity contribution is 1.30. The Kier molecular flexibility index (Phi) is 2.40. The largest absolute Gasteiger partial charge is 0.315 e. The van der Waals surface area contributed by atoms with Crippen LogP contribution in [0.25, 0.3) is 48.7 Å². The van der Waals surface area contributed by atoms with Gasteiger partial charge in [0.1, 0.15) is 0 Å². The van der Waals surface area contributed by atoms with Gasteiger partial charge in [0.25, 0.3) is 0 Å². The highest BCUT2D eigenvalue weighted by atomic mass is 14.9. The fourth-order valence-electron chi connectivity index (χ4n) is 4.27. The van der Waals surface area contributed by atoms with Crippen LogP contribution in [0.5, 0.6) is 0 Å². The zero-order valence-electron chi connectivity index (χ0n) is 13.6. The average molecular weight is 317 g/mol. The van der Waals surface area contributed by atoms with Gasteiger partial charge >= 0.3 is 0 Å². The molecule has 116 valence electrons. The second-order valence-electron chi connectivity index (χ2n) is 6.66. The van der Waals surface area contributed by atoms with Crippen molar-refractivity contribution in [2.24, 2.45) is 0 Å². The fourth-order valence-corrected chi connectivity index (χ4v) is 4.27. The lowest BCUT2D eigenvalue weighted by Crippen LogP contribution is -1.90. The van der Waals surface area contributed by atoms with Crippen molar-refractivity contribution >= 4 is 48.7 Å². The Morgan fingerprint density at radius 2 is 1.16 bits per heavy atom. The van der Waals surface area contributed by atoms with Crippen LogP contribution in [0.3, 0.4) is 0 Å². The summed E-state index contributed by atoms with van der Waals surface area (Å²) >= 11 is 0. The first kappa shape index (κ1) is 13.0. The number of nitrogens with zero attached hydrogens (tertiary/aromatic N) is 1. The highest BCUT2D eigenvalue weighted by molar-refractivity contribution is 6.27. The number of pyridine rings is 1. The van der Waals surface area contributed by atoms with Gasteiger partial charge in [-0.05, 0) is 22.2 Å². The van der Waals surface area contributed by atoms with Crippen LogP contribution >= 0.6 is 0 Å². The van der Waals surface area contributed by atoms with Crippen LogP contribution in [0.1, 0.15) is 0 Å². The molecular weight excluding hydrogens is 302 g/mol. The van der Waals surface area contributed by atoms with Crippen molar-refractivity contribution in [3.05, 3.63) is 91.1 Å². The summed E-state index contributed by atoms with van der Waals surface area (Å²) in [4.78, 5) is 0. The van der Waals surface area contributed by atoms with Crippen molar-refractivity contribution in [1.82, 2.24) is 4.40 Å². The maximum Gasteiger partial charge on any atom is 0.0619 e. The molecule has 25 heavy (non-hydrogen) atoms. The van der Waals surface area contributed by atoms with Crippen LogP contribution in [0.4, 0.5) is 0 Å². The quantitative estimate of drug-likeness (QED) is 0.280. The van der Waals surface area contributed by atoms with Crippen LogP contribution < -0.4 is 0 Å². The number of aromatic nitrogens is 1. The Bertz CT molecular complexity index is 1440. The van der Waals surface area contributed by atoms with Crippen LogP contribution in [-0.4, -0.2) is 4.40 Å². The van der Waals surface area contributed by atoms with Crippen LogP contribution in [0.15, 0.2) is 91.1 Å². The zero-order chi connectivity index (χ0) is 16.4. The molecule has 0 saturated heterocycles. The minimum absolute atomic E-state index is 1.26. The second kappa shape index (κ2) is 4.61. The molecule has 2 heterocycles. The zero-order valence-corrected chi connectivity index (χ0v) is 13.6. The van der Waals surface area contributed by atoms with E-state index in [2.05, 4.69) is 95.5 Å². The van der Waals surface area contributed by atoms with Crippen molar-refractivity contribution < 1.29 is 0 Å². The van der Waals surface area contributed by atoms with Crippen molar-refractivity contribution in [3.8, 4) is 0 Å². The SMILES string of the molecule is c1ccc2c(c1)ccc1c3ccccc3n3cc4ccccc4c3c21. The van der Waals surface area contributed by atoms with E-state index in [0.29, 0.717) is 0 Å². The number of benzene rings is 4. The van der Waals surface area contributed by atoms with Gasteiger partial charge in [-0.2, -0.15) is 0 Å². The standard InChI is InChI=1S/C24H15N/c1-3-9-18-16(7-1)13-14-21-20-11-5-6-12-22(20)25-15-17-8-2-4-10-19(17)24(25)23(18)21/h1-15H. The monoisotopic (exact) mass is 317 g/mol. The molecule has 6 aromatic rings. The third-order valence-electron chi connectivity index (χ3n) is 5.34. The lowest BCUT2D eigenvalue weighted by Gasteiger charge is -2.12. The minimum Gasteiger partial charge on any atom is -0.315 e. The summed E-state index contributed by atoms with van der Waals surface area (Å²) in [7, 11) is 0. The van der Waals surface area contributed by atoms with E-state index >= 15 is 0 Å². The molecule has 1 heteroatoms. The molecule has 0 aliphatic carbocycles. The molecule has 0 saturated carbocycles. The fraction of sp³-hybridized carbons (Fsp3) is 0. The van der Waals surface area contributed by atoms with Gasteiger partial charge in [0.05, 0.1) is 11.0 Å². The maximum absolute atomic E-state index is 2.37. The highest BCUT2D eigenvalue weighted by Crippen LogP contribution is 2.38. The summed E-state index contributed by atoms with van der Waals surface area (Å²) in [5.74, 6) is 0. The van der Waals surface area contributed by atoms with Gasteiger partial charge in [0, 0.05) is 27.7 Å². The number of hydrogen-bond acceptors (Lipinski definition) is 0. The smallest absolute Gasteiger partial charge is 0.0619 e. The molecule has 0 fully saturated rings. The predicted molar refractivity (Wildman–Crippen MR) is 107 cm³/mol. The predicted octanol–water partition coefficient (Wildman–Crippen LogP) is 6.55. The molecule has 0 radical (unpaired) electrons. The third-order valence-corrected chi connectivity index (χ3v) is 5.34. The van der Waals surface area contributed by atoms with E-state index in [0.717, 1.165) is 0 Å². The Morgan fingerprint density at radius 1 is 0.480 bits per heavy atom. The lowest BCUT2D eigenvalue weighted by atomic mass is 9.98. The minimum atomic E-state index is 1.26. The van der Waals surface area contributed by atoms with E-state index in [9.17, 15) is 0 Å². The van der Waals surface area contributed by atoms with Crippen LogP contribution in [0.2, 0.25) is 0 Å². The van der Waals surface area contributed by atoms with E-state index in [1.54, 1.807) is 0 Å². The van der Waals surface area contributed by atoms with Gasteiger partial charge in [0.15, 0.2) is 0 Å². The first-order chi connectivity index (χ1) is 12.4. The van der Waals surface area contributed by atoms with Crippen molar-refractivity contribution in [1.29, 1.82) is 0 Å². The van der Waals surface area contributed by atoms with Crippen molar-refractivity contribution in [2.45, 2.75) is 0 Å². The Morgan fingerprint density at radius 3 is 2.04 bits per heavy atom.